The Morgan fingerprint density at radius 2 is 1.59 bits per heavy atom. The smallest absolute Gasteiger partial charge is 0.0553 e. The molecule has 0 amide bonds. The van der Waals surface area contributed by atoms with E-state index in [2.05, 4.69) is 74.3 Å². The highest BCUT2D eigenvalue weighted by Gasteiger charge is 2.14. The van der Waals surface area contributed by atoms with Crippen molar-refractivity contribution in [1.29, 1.82) is 0 Å². The second-order valence-corrected chi connectivity index (χ2v) is 7.90. The summed E-state index contributed by atoms with van der Waals surface area (Å²) >= 11 is 8.97. The van der Waals surface area contributed by atoms with Crippen molar-refractivity contribution in [3.63, 3.8) is 0 Å². The molecular weight excluding hydrogens is 422 g/mol. The van der Waals surface area contributed by atoms with Gasteiger partial charge in [0.2, 0.25) is 0 Å². The van der Waals surface area contributed by atoms with Gasteiger partial charge in [0, 0.05) is 24.4 Å². The Labute approximate surface area is 149 Å². The molecule has 4 rings (SSSR count). The molecule has 0 radical (unpaired) electrons. The van der Waals surface area contributed by atoms with E-state index in [4.69, 9.17) is 5.73 Å². The molecule has 0 aliphatic rings. The van der Waals surface area contributed by atoms with Crippen molar-refractivity contribution in [3.05, 3.63) is 63.5 Å². The number of nitrogen functional groups attached to an aromatic ring is 1. The number of anilines is 1. The first-order valence-corrected chi connectivity index (χ1v) is 9.20. The van der Waals surface area contributed by atoms with Gasteiger partial charge in [-0.1, -0.05) is 36.4 Å². The van der Waals surface area contributed by atoms with Crippen molar-refractivity contribution in [1.82, 2.24) is 0 Å². The zero-order valence-electron chi connectivity index (χ0n) is 11.4. The van der Waals surface area contributed by atoms with E-state index in [0.717, 1.165) is 20.0 Å². The van der Waals surface area contributed by atoms with Crippen molar-refractivity contribution in [2.75, 3.05) is 5.73 Å². The van der Waals surface area contributed by atoms with Crippen molar-refractivity contribution < 1.29 is 0 Å². The Morgan fingerprint density at radius 3 is 2.36 bits per heavy atom. The minimum Gasteiger partial charge on any atom is -0.397 e. The second-order valence-electron chi connectivity index (χ2n) is 5.14. The third-order valence-electron chi connectivity index (χ3n) is 3.79. The van der Waals surface area contributed by atoms with Gasteiger partial charge in [-0.2, -0.15) is 0 Å². The summed E-state index contributed by atoms with van der Waals surface area (Å²) in [5.41, 5.74) is 9.56. The van der Waals surface area contributed by atoms with Crippen molar-refractivity contribution in [3.8, 4) is 11.1 Å². The molecule has 0 aliphatic heterocycles. The van der Waals surface area contributed by atoms with E-state index in [0.29, 0.717) is 0 Å². The zero-order chi connectivity index (χ0) is 15.3. The van der Waals surface area contributed by atoms with Gasteiger partial charge < -0.3 is 5.73 Å². The van der Waals surface area contributed by atoms with Crippen LogP contribution in [0.15, 0.2) is 63.5 Å². The Kier molecular flexibility index (Phi) is 3.48. The SMILES string of the molecule is Nc1c(Br)cc(Br)c2sc3ccc(-c4ccccc4)cc3c12. The fourth-order valence-corrected chi connectivity index (χ4v) is 5.23. The predicted octanol–water partition coefficient (Wildman–Crippen LogP) is 6.83. The molecule has 0 saturated carbocycles. The number of hydrogen-bond acceptors (Lipinski definition) is 2. The molecule has 0 aliphatic carbocycles. The van der Waals surface area contributed by atoms with Crippen molar-refractivity contribution in [2.45, 2.75) is 0 Å². The maximum Gasteiger partial charge on any atom is 0.0553 e. The Morgan fingerprint density at radius 1 is 0.818 bits per heavy atom. The molecule has 3 aromatic carbocycles. The van der Waals surface area contributed by atoms with Crippen molar-refractivity contribution in [2.24, 2.45) is 0 Å². The average Bonchev–Trinajstić information content (AvgIpc) is 2.93. The lowest BCUT2D eigenvalue weighted by Crippen LogP contribution is -1.88. The maximum atomic E-state index is 6.33. The summed E-state index contributed by atoms with van der Waals surface area (Å²) in [6.07, 6.45) is 0. The molecule has 0 spiro atoms. The molecule has 0 atom stereocenters. The number of fused-ring (bicyclic) bond motifs is 3. The highest BCUT2D eigenvalue weighted by molar-refractivity contribution is 9.11. The van der Waals surface area contributed by atoms with Crippen LogP contribution in [0.4, 0.5) is 5.69 Å². The van der Waals surface area contributed by atoms with Crippen LogP contribution >= 0.6 is 43.2 Å². The van der Waals surface area contributed by atoms with Crippen LogP contribution < -0.4 is 5.73 Å². The third kappa shape index (κ3) is 2.18. The van der Waals surface area contributed by atoms with Crippen LogP contribution in [0.25, 0.3) is 31.3 Å². The maximum absolute atomic E-state index is 6.33. The van der Waals surface area contributed by atoms with Gasteiger partial charge in [0.15, 0.2) is 0 Å². The molecule has 1 aromatic heterocycles. The van der Waals surface area contributed by atoms with E-state index in [1.54, 1.807) is 11.3 Å². The molecule has 1 nitrogen and oxygen atoms in total. The summed E-state index contributed by atoms with van der Waals surface area (Å²) in [6, 6.07) is 19.0. The summed E-state index contributed by atoms with van der Waals surface area (Å²) < 4.78 is 4.45. The first-order valence-electron chi connectivity index (χ1n) is 6.80. The average molecular weight is 433 g/mol. The van der Waals surface area contributed by atoms with Gasteiger partial charge in [-0.25, -0.2) is 0 Å². The minimum absolute atomic E-state index is 0.801. The summed E-state index contributed by atoms with van der Waals surface area (Å²) in [5.74, 6) is 0. The largest absolute Gasteiger partial charge is 0.397 e. The fraction of sp³-hybridized carbons (Fsp3) is 0. The van der Waals surface area contributed by atoms with Gasteiger partial charge in [-0.05, 0) is 61.2 Å². The number of thiophene rings is 1. The van der Waals surface area contributed by atoms with Gasteiger partial charge in [-0.15, -0.1) is 11.3 Å². The van der Waals surface area contributed by atoms with E-state index in [1.807, 2.05) is 12.1 Å². The lowest BCUT2D eigenvalue weighted by atomic mass is 10.0. The monoisotopic (exact) mass is 431 g/mol. The standard InChI is InChI=1S/C18H11Br2NS/c19-13-9-14(20)18-16(17(13)21)12-8-11(6-7-15(12)22-18)10-4-2-1-3-5-10/h1-9H,21H2. The predicted molar refractivity (Wildman–Crippen MR) is 105 cm³/mol. The summed E-state index contributed by atoms with van der Waals surface area (Å²) in [6.45, 7) is 0. The highest BCUT2D eigenvalue weighted by Crippen LogP contribution is 2.45. The van der Waals surface area contributed by atoms with Gasteiger partial charge in [0.1, 0.15) is 0 Å². The number of halogens is 2. The molecule has 0 fully saturated rings. The van der Waals surface area contributed by atoms with Crippen LogP contribution in [-0.4, -0.2) is 0 Å². The Hall–Kier alpha value is -1.36. The topological polar surface area (TPSA) is 26.0 Å². The van der Waals surface area contributed by atoms with E-state index in [-0.39, 0.29) is 0 Å². The molecule has 1 heterocycles. The quantitative estimate of drug-likeness (QED) is 0.327. The normalized spacial score (nSPS) is 11.4. The minimum atomic E-state index is 0.801. The fourth-order valence-electron chi connectivity index (χ4n) is 2.72. The van der Waals surface area contributed by atoms with Crippen LogP contribution in [0.1, 0.15) is 0 Å². The molecule has 108 valence electrons. The van der Waals surface area contributed by atoms with Crippen LogP contribution in [-0.2, 0) is 0 Å². The van der Waals surface area contributed by atoms with E-state index >= 15 is 0 Å². The van der Waals surface area contributed by atoms with Crippen LogP contribution in [0.5, 0.6) is 0 Å². The van der Waals surface area contributed by atoms with Crippen LogP contribution in [0.3, 0.4) is 0 Å². The van der Waals surface area contributed by atoms with E-state index < -0.39 is 0 Å². The summed E-state index contributed by atoms with van der Waals surface area (Å²) in [4.78, 5) is 0. The second kappa shape index (κ2) is 5.37. The van der Waals surface area contributed by atoms with Gasteiger partial charge in [0.05, 0.1) is 10.4 Å². The lowest BCUT2D eigenvalue weighted by Gasteiger charge is -2.05. The van der Waals surface area contributed by atoms with E-state index in [1.165, 1.54) is 25.9 Å². The Balaban J connectivity index is 2.09. The number of rotatable bonds is 1. The first-order chi connectivity index (χ1) is 10.6. The highest BCUT2D eigenvalue weighted by atomic mass is 79.9. The van der Waals surface area contributed by atoms with Crippen molar-refractivity contribution >= 4 is 69.1 Å². The molecule has 0 saturated heterocycles. The van der Waals surface area contributed by atoms with Crippen LogP contribution in [0, 0.1) is 0 Å². The molecule has 22 heavy (non-hydrogen) atoms. The number of benzene rings is 3. The molecule has 4 aromatic rings. The molecular formula is C18H11Br2NS. The first kappa shape index (κ1) is 14.2. The Bertz CT molecular complexity index is 1010. The summed E-state index contributed by atoms with van der Waals surface area (Å²) in [7, 11) is 0. The van der Waals surface area contributed by atoms with E-state index in [9.17, 15) is 0 Å². The van der Waals surface area contributed by atoms with Gasteiger partial charge in [-0.3, -0.25) is 0 Å². The lowest BCUT2D eigenvalue weighted by molar-refractivity contribution is 1.65. The van der Waals surface area contributed by atoms with Gasteiger partial charge >= 0.3 is 0 Å². The number of nitrogens with two attached hydrogens (primary N) is 1. The molecule has 0 unspecified atom stereocenters. The van der Waals surface area contributed by atoms with Gasteiger partial charge in [0.25, 0.3) is 0 Å². The van der Waals surface area contributed by atoms with Crippen LogP contribution in [0.2, 0.25) is 0 Å². The summed E-state index contributed by atoms with van der Waals surface area (Å²) in [5, 5.41) is 2.33. The molecule has 0 bridgehead atoms. The number of hydrogen-bond donors (Lipinski definition) is 1. The third-order valence-corrected chi connectivity index (χ3v) is 6.54. The zero-order valence-corrected chi connectivity index (χ0v) is 15.4. The molecule has 2 N–H and O–H groups in total. The molecule has 4 heteroatoms.